The number of nitrogens with zero attached hydrogens (tertiary/aromatic N) is 5. The van der Waals surface area contributed by atoms with Crippen molar-refractivity contribution in [1.29, 1.82) is 0 Å². The van der Waals surface area contributed by atoms with Gasteiger partial charge >= 0.3 is 0 Å². The molecule has 0 aliphatic carbocycles. The molecule has 2 aliphatic heterocycles. The summed E-state index contributed by atoms with van der Waals surface area (Å²) in [5.74, 6) is 2.09. The highest BCUT2D eigenvalue weighted by atomic mass is 16.5. The van der Waals surface area contributed by atoms with Gasteiger partial charge in [-0.15, -0.1) is 5.10 Å². The molecule has 4 rings (SSSR count). The highest BCUT2D eigenvalue weighted by molar-refractivity contribution is 5.95. The minimum absolute atomic E-state index is 0.138. The predicted octanol–water partition coefficient (Wildman–Crippen LogP) is 1.72. The SMILES string of the molecule is CN(C)c1n[nH]c(C2CCN(C(=O)c3ccccc3CN3CCOCC3)CC2)n1. The Morgan fingerprint density at radius 1 is 1.17 bits per heavy atom. The van der Waals surface area contributed by atoms with Crippen LogP contribution in [0.2, 0.25) is 0 Å². The van der Waals surface area contributed by atoms with Gasteiger partial charge in [-0.2, -0.15) is 4.98 Å². The average molecular weight is 399 g/mol. The average Bonchev–Trinajstić information content (AvgIpc) is 3.25. The fourth-order valence-corrected chi connectivity index (χ4v) is 4.04. The standard InChI is InChI=1S/C21H30N6O2/c1-25(2)21-22-19(23-24-21)16-7-9-27(10-8-16)20(28)18-6-4-3-5-17(18)15-26-11-13-29-14-12-26/h3-6,16H,7-15H2,1-2H3,(H,22,23,24). The Morgan fingerprint density at radius 3 is 2.59 bits per heavy atom. The Morgan fingerprint density at radius 2 is 1.90 bits per heavy atom. The molecule has 2 aliphatic rings. The Balaban J connectivity index is 1.39. The zero-order chi connectivity index (χ0) is 20.2. The van der Waals surface area contributed by atoms with E-state index in [1.165, 1.54) is 0 Å². The first-order valence-corrected chi connectivity index (χ1v) is 10.4. The number of hydrogen-bond donors (Lipinski definition) is 1. The quantitative estimate of drug-likeness (QED) is 0.826. The van der Waals surface area contributed by atoms with Gasteiger partial charge in [-0.3, -0.25) is 14.8 Å². The Bertz CT molecular complexity index is 822. The summed E-state index contributed by atoms with van der Waals surface area (Å²) in [6.07, 6.45) is 1.80. The largest absolute Gasteiger partial charge is 0.379 e. The van der Waals surface area contributed by atoms with E-state index in [9.17, 15) is 4.79 Å². The van der Waals surface area contributed by atoms with Crippen LogP contribution in [0.5, 0.6) is 0 Å². The maximum atomic E-state index is 13.2. The first kappa shape index (κ1) is 19.8. The van der Waals surface area contributed by atoms with Gasteiger partial charge in [-0.25, -0.2) is 0 Å². The molecule has 0 saturated carbocycles. The van der Waals surface area contributed by atoms with Crippen LogP contribution in [0, 0.1) is 0 Å². The van der Waals surface area contributed by atoms with Crippen LogP contribution in [0.4, 0.5) is 5.95 Å². The van der Waals surface area contributed by atoms with E-state index < -0.39 is 0 Å². The molecule has 29 heavy (non-hydrogen) atoms. The molecule has 2 fully saturated rings. The van der Waals surface area contributed by atoms with Gasteiger partial charge in [-0.1, -0.05) is 18.2 Å². The molecule has 8 nitrogen and oxygen atoms in total. The predicted molar refractivity (Wildman–Crippen MR) is 111 cm³/mol. The van der Waals surface area contributed by atoms with E-state index in [2.05, 4.69) is 26.1 Å². The molecule has 8 heteroatoms. The summed E-state index contributed by atoms with van der Waals surface area (Å²) < 4.78 is 5.44. The van der Waals surface area contributed by atoms with Gasteiger partial charge in [0.2, 0.25) is 5.95 Å². The third-order valence-electron chi connectivity index (χ3n) is 5.81. The van der Waals surface area contributed by atoms with Crippen molar-refractivity contribution in [3.8, 4) is 0 Å². The second-order valence-corrected chi connectivity index (χ2v) is 8.03. The molecule has 0 unspecified atom stereocenters. The molecule has 0 spiro atoms. The van der Waals surface area contributed by atoms with Crippen LogP contribution in [0.1, 0.15) is 40.5 Å². The maximum absolute atomic E-state index is 13.2. The number of aromatic nitrogens is 3. The number of carbonyl (C=O) groups is 1. The van der Waals surface area contributed by atoms with Crippen LogP contribution >= 0.6 is 0 Å². The number of anilines is 1. The third-order valence-corrected chi connectivity index (χ3v) is 5.81. The topological polar surface area (TPSA) is 77.6 Å². The van der Waals surface area contributed by atoms with Crippen molar-refractivity contribution in [3.05, 3.63) is 41.2 Å². The lowest BCUT2D eigenvalue weighted by molar-refractivity contribution is 0.0339. The van der Waals surface area contributed by atoms with Gasteiger partial charge in [0, 0.05) is 58.3 Å². The lowest BCUT2D eigenvalue weighted by Gasteiger charge is -2.32. The number of hydrogen-bond acceptors (Lipinski definition) is 6. The number of benzene rings is 1. The lowest BCUT2D eigenvalue weighted by atomic mass is 9.95. The summed E-state index contributed by atoms with van der Waals surface area (Å²) in [4.78, 5) is 24.1. The van der Waals surface area contributed by atoms with Crippen molar-refractivity contribution in [2.24, 2.45) is 0 Å². The van der Waals surface area contributed by atoms with Crippen LogP contribution in [0.15, 0.2) is 24.3 Å². The van der Waals surface area contributed by atoms with E-state index in [0.717, 1.165) is 75.7 Å². The fourth-order valence-electron chi connectivity index (χ4n) is 4.04. The molecular weight excluding hydrogens is 368 g/mol. The van der Waals surface area contributed by atoms with E-state index in [4.69, 9.17) is 4.74 Å². The minimum atomic E-state index is 0.138. The van der Waals surface area contributed by atoms with Gasteiger partial charge in [0.15, 0.2) is 0 Å². The number of amides is 1. The summed E-state index contributed by atoms with van der Waals surface area (Å²) in [5, 5.41) is 7.32. The number of piperidine rings is 1. The molecular formula is C21H30N6O2. The molecule has 0 bridgehead atoms. The molecule has 0 radical (unpaired) electrons. The molecule has 1 N–H and O–H groups in total. The van der Waals surface area contributed by atoms with Crippen molar-refractivity contribution >= 4 is 11.9 Å². The monoisotopic (exact) mass is 398 g/mol. The summed E-state index contributed by atoms with van der Waals surface area (Å²) >= 11 is 0. The van der Waals surface area contributed by atoms with E-state index in [1.54, 1.807) is 0 Å². The first-order chi connectivity index (χ1) is 14.1. The van der Waals surface area contributed by atoms with Gasteiger partial charge in [0.05, 0.1) is 13.2 Å². The summed E-state index contributed by atoms with van der Waals surface area (Å²) in [5.41, 5.74) is 1.93. The van der Waals surface area contributed by atoms with Crippen molar-refractivity contribution in [3.63, 3.8) is 0 Å². The minimum Gasteiger partial charge on any atom is -0.379 e. The lowest BCUT2D eigenvalue weighted by Crippen LogP contribution is -2.39. The van der Waals surface area contributed by atoms with Crippen molar-refractivity contribution in [1.82, 2.24) is 25.0 Å². The Kier molecular flexibility index (Phi) is 6.10. The van der Waals surface area contributed by atoms with Gasteiger partial charge in [0.1, 0.15) is 5.82 Å². The van der Waals surface area contributed by atoms with Gasteiger partial charge < -0.3 is 14.5 Å². The number of rotatable bonds is 5. The molecule has 2 aromatic rings. The fraction of sp³-hybridized carbons (Fsp3) is 0.571. The molecule has 1 amide bonds. The number of H-pyrrole nitrogens is 1. The summed E-state index contributed by atoms with van der Waals surface area (Å²) in [6, 6.07) is 8.02. The highest BCUT2D eigenvalue weighted by Gasteiger charge is 2.28. The van der Waals surface area contributed by atoms with Gasteiger partial charge in [-0.05, 0) is 24.5 Å². The van der Waals surface area contributed by atoms with Crippen LogP contribution in [0.25, 0.3) is 0 Å². The van der Waals surface area contributed by atoms with E-state index in [-0.39, 0.29) is 5.91 Å². The third kappa shape index (κ3) is 4.59. The second-order valence-electron chi connectivity index (χ2n) is 8.03. The normalized spacial score (nSPS) is 18.8. The zero-order valence-electron chi connectivity index (χ0n) is 17.3. The Labute approximate surface area is 171 Å². The van der Waals surface area contributed by atoms with E-state index in [0.29, 0.717) is 11.9 Å². The van der Waals surface area contributed by atoms with Gasteiger partial charge in [0.25, 0.3) is 5.91 Å². The van der Waals surface area contributed by atoms with E-state index in [1.807, 2.05) is 42.1 Å². The zero-order valence-corrected chi connectivity index (χ0v) is 17.3. The smallest absolute Gasteiger partial charge is 0.254 e. The number of likely N-dealkylation sites (tertiary alicyclic amines) is 1. The number of aromatic amines is 1. The number of carbonyl (C=O) groups excluding carboxylic acids is 1. The van der Waals surface area contributed by atoms with Crippen molar-refractivity contribution in [2.75, 3.05) is 58.4 Å². The van der Waals surface area contributed by atoms with Crippen molar-refractivity contribution < 1.29 is 9.53 Å². The first-order valence-electron chi connectivity index (χ1n) is 10.4. The maximum Gasteiger partial charge on any atom is 0.254 e. The summed E-state index contributed by atoms with van der Waals surface area (Å²) in [7, 11) is 3.87. The van der Waals surface area contributed by atoms with Crippen LogP contribution in [-0.4, -0.2) is 84.4 Å². The molecule has 1 aromatic heterocycles. The number of nitrogens with one attached hydrogen (secondary N) is 1. The number of ether oxygens (including phenoxy) is 1. The number of morpholine rings is 1. The van der Waals surface area contributed by atoms with Crippen molar-refractivity contribution in [2.45, 2.75) is 25.3 Å². The second kappa shape index (κ2) is 8.92. The summed E-state index contributed by atoms with van der Waals surface area (Å²) in [6.45, 7) is 5.65. The van der Waals surface area contributed by atoms with Crippen LogP contribution in [-0.2, 0) is 11.3 Å². The van der Waals surface area contributed by atoms with E-state index >= 15 is 0 Å². The highest BCUT2D eigenvalue weighted by Crippen LogP contribution is 2.27. The molecule has 2 saturated heterocycles. The van der Waals surface area contributed by atoms with Crippen LogP contribution < -0.4 is 4.90 Å². The molecule has 156 valence electrons. The molecule has 3 heterocycles. The Hall–Kier alpha value is -2.45. The van der Waals surface area contributed by atoms with Crippen LogP contribution in [0.3, 0.4) is 0 Å². The molecule has 0 atom stereocenters. The molecule has 1 aromatic carbocycles.